The molecule has 1 amide bonds. The molecule has 0 aliphatic rings. The van der Waals surface area contributed by atoms with Crippen molar-refractivity contribution in [3.05, 3.63) is 63.9 Å². The van der Waals surface area contributed by atoms with Gasteiger partial charge in [-0.25, -0.2) is 4.39 Å². The number of rotatable bonds is 7. The standard InChI is InChI=1S/C21H20ClFN2O3/c1-13(2)25-21(26)16(11-24)8-14-9-17(22)20(19(10-14)27-3)28-12-15-6-4-5-7-18(15)23/h4-10,13H,12H2,1-3H3,(H,25,26)/b16-8-. The monoisotopic (exact) mass is 402 g/mol. The molecule has 0 unspecified atom stereocenters. The van der Waals surface area contributed by atoms with E-state index in [9.17, 15) is 14.4 Å². The lowest BCUT2D eigenvalue weighted by Gasteiger charge is -2.14. The molecule has 0 saturated carbocycles. The van der Waals surface area contributed by atoms with Crippen molar-refractivity contribution in [2.45, 2.75) is 26.5 Å². The molecule has 5 nitrogen and oxygen atoms in total. The van der Waals surface area contributed by atoms with E-state index in [1.165, 1.54) is 19.3 Å². The second kappa shape index (κ2) is 9.77. The fourth-order valence-electron chi connectivity index (χ4n) is 2.38. The highest BCUT2D eigenvalue weighted by molar-refractivity contribution is 6.32. The molecular formula is C21H20ClFN2O3. The number of ether oxygens (including phenoxy) is 2. The van der Waals surface area contributed by atoms with Gasteiger partial charge >= 0.3 is 0 Å². The van der Waals surface area contributed by atoms with Crippen LogP contribution < -0.4 is 14.8 Å². The van der Waals surface area contributed by atoms with Gasteiger partial charge in [0.1, 0.15) is 24.1 Å². The first kappa shape index (κ1) is 21.3. The first-order valence-corrected chi connectivity index (χ1v) is 8.90. The van der Waals surface area contributed by atoms with E-state index in [1.54, 1.807) is 44.2 Å². The van der Waals surface area contributed by atoms with Gasteiger partial charge in [-0.15, -0.1) is 0 Å². The topological polar surface area (TPSA) is 71.3 Å². The number of nitrogens with one attached hydrogen (secondary N) is 1. The number of carbonyl (C=O) groups is 1. The SMILES string of the molecule is COc1cc(/C=C(/C#N)C(=O)NC(C)C)cc(Cl)c1OCc1ccccc1F. The third-order valence-electron chi connectivity index (χ3n) is 3.68. The number of carbonyl (C=O) groups excluding carboxylic acids is 1. The van der Waals surface area contributed by atoms with Crippen molar-refractivity contribution in [1.29, 1.82) is 5.26 Å². The van der Waals surface area contributed by atoms with Crippen molar-refractivity contribution in [2.75, 3.05) is 7.11 Å². The van der Waals surface area contributed by atoms with Crippen LogP contribution in [0.4, 0.5) is 4.39 Å². The highest BCUT2D eigenvalue weighted by Crippen LogP contribution is 2.37. The lowest BCUT2D eigenvalue weighted by atomic mass is 10.1. The van der Waals surface area contributed by atoms with Crippen molar-refractivity contribution < 1.29 is 18.7 Å². The molecule has 0 aliphatic heterocycles. The summed E-state index contributed by atoms with van der Waals surface area (Å²) in [5.74, 6) is -0.314. The summed E-state index contributed by atoms with van der Waals surface area (Å²) in [6, 6.07) is 11.2. The molecule has 0 atom stereocenters. The van der Waals surface area contributed by atoms with Crippen molar-refractivity contribution >= 4 is 23.6 Å². The molecule has 1 N–H and O–H groups in total. The van der Waals surface area contributed by atoms with Crippen molar-refractivity contribution in [3.63, 3.8) is 0 Å². The maximum absolute atomic E-state index is 13.8. The maximum atomic E-state index is 13.8. The van der Waals surface area contributed by atoms with E-state index in [2.05, 4.69) is 5.32 Å². The second-order valence-electron chi connectivity index (χ2n) is 6.21. The Morgan fingerprint density at radius 1 is 1.36 bits per heavy atom. The van der Waals surface area contributed by atoms with Crippen LogP contribution in [0, 0.1) is 17.1 Å². The summed E-state index contributed by atoms with van der Waals surface area (Å²) < 4.78 is 24.7. The van der Waals surface area contributed by atoms with Crippen LogP contribution in [0.25, 0.3) is 6.08 Å². The number of nitriles is 1. The minimum Gasteiger partial charge on any atom is -0.493 e. The summed E-state index contributed by atoms with van der Waals surface area (Å²) in [6.45, 7) is 3.57. The van der Waals surface area contributed by atoms with Gasteiger partial charge < -0.3 is 14.8 Å². The minimum absolute atomic E-state index is 0.0296. The molecule has 0 saturated heterocycles. The van der Waals surface area contributed by atoms with Crippen LogP contribution >= 0.6 is 11.6 Å². The molecule has 0 heterocycles. The van der Waals surface area contributed by atoms with Gasteiger partial charge in [0.05, 0.1) is 12.1 Å². The Balaban J connectivity index is 2.30. The van der Waals surface area contributed by atoms with E-state index < -0.39 is 5.91 Å². The molecule has 0 aliphatic carbocycles. The molecular weight excluding hydrogens is 383 g/mol. The number of hydrogen-bond acceptors (Lipinski definition) is 4. The third-order valence-corrected chi connectivity index (χ3v) is 3.96. The fourth-order valence-corrected chi connectivity index (χ4v) is 2.66. The molecule has 7 heteroatoms. The predicted molar refractivity (Wildman–Crippen MR) is 106 cm³/mol. The van der Waals surface area contributed by atoms with Gasteiger partial charge in [-0.1, -0.05) is 29.8 Å². The molecule has 0 radical (unpaired) electrons. The highest BCUT2D eigenvalue weighted by atomic mass is 35.5. The number of benzene rings is 2. The quantitative estimate of drug-likeness (QED) is 0.546. The Kier molecular flexibility index (Phi) is 7.42. The minimum atomic E-state index is -0.479. The summed E-state index contributed by atoms with van der Waals surface area (Å²) >= 11 is 6.30. The molecule has 2 aromatic carbocycles. The van der Waals surface area contributed by atoms with E-state index in [0.717, 1.165) is 0 Å². The molecule has 0 aromatic heterocycles. The predicted octanol–water partition coefficient (Wildman–Crippen LogP) is 4.50. The molecule has 0 fully saturated rings. The van der Waals surface area contributed by atoms with Gasteiger partial charge in [-0.3, -0.25) is 4.79 Å². The van der Waals surface area contributed by atoms with Gasteiger partial charge in [-0.2, -0.15) is 5.26 Å². The summed E-state index contributed by atoms with van der Waals surface area (Å²) in [5.41, 5.74) is 0.809. The molecule has 2 aromatic rings. The smallest absolute Gasteiger partial charge is 0.262 e. The van der Waals surface area contributed by atoms with Gasteiger partial charge in [0.15, 0.2) is 11.5 Å². The third kappa shape index (κ3) is 5.48. The zero-order chi connectivity index (χ0) is 20.7. The van der Waals surface area contributed by atoms with Crippen LogP contribution in [0.2, 0.25) is 5.02 Å². The number of methoxy groups -OCH3 is 1. The van der Waals surface area contributed by atoms with E-state index in [-0.39, 0.29) is 34.8 Å². The zero-order valence-electron chi connectivity index (χ0n) is 15.8. The number of hydrogen-bond donors (Lipinski definition) is 1. The van der Waals surface area contributed by atoms with Crippen LogP contribution in [0.15, 0.2) is 42.0 Å². The fraction of sp³-hybridized carbons (Fsp3) is 0.238. The molecule has 0 spiro atoms. The Morgan fingerprint density at radius 3 is 2.68 bits per heavy atom. The lowest BCUT2D eigenvalue weighted by molar-refractivity contribution is -0.117. The molecule has 28 heavy (non-hydrogen) atoms. The summed E-state index contributed by atoms with van der Waals surface area (Å²) in [4.78, 5) is 12.1. The lowest BCUT2D eigenvalue weighted by Crippen LogP contribution is -2.30. The van der Waals surface area contributed by atoms with Gasteiger partial charge in [0.25, 0.3) is 5.91 Å². The van der Waals surface area contributed by atoms with E-state index >= 15 is 0 Å². The van der Waals surface area contributed by atoms with E-state index in [4.69, 9.17) is 21.1 Å². The Morgan fingerprint density at radius 2 is 2.07 bits per heavy atom. The van der Waals surface area contributed by atoms with E-state index in [0.29, 0.717) is 16.9 Å². The first-order valence-electron chi connectivity index (χ1n) is 8.52. The van der Waals surface area contributed by atoms with Gasteiger partial charge in [0.2, 0.25) is 0 Å². The van der Waals surface area contributed by atoms with Gasteiger partial charge in [0, 0.05) is 11.6 Å². The van der Waals surface area contributed by atoms with Crippen LogP contribution in [0.1, 0.15) is 25.0 Å². The number of amides is 1. The Bertz CT molecular complexity index is 936. The second-order valence-corrected chi connectivity index (χ2v) is 6.62. The van der Waals surface area contributed by atoms with Crippen molar-refractivity contribution in [1.82, 2.24) is 5.32 Å². The molecule has 146 valence electrons. The van der Waals surface area contributed by atoms with Crippen LogP contribution in [-0.2, 0) is 11.4 Å². The summed E-state index contributed by atoms with van der Waals surface area (Å²) in [5, 5.41) is 12.1. The largest absolute Gasteiger partial charge is 0.493 e. The first-order chi connectivity index (χ1) is 13.3. The highest BCUT2D eigenvalue weighted by Gasteiger charge is 2.15. The summed E-state index contributed by atoms with van der Waals surface area (Å²) in [7, 11) is 1.44. The van der Waals surface area contributed by atoms with E-state index in [1.807, 2.05) is 6.07 Å². The normalized spacial score (nSPS) is 11.1. The zero-order valence-corrected chi connectivity index (χ0v) is 16.5. The van der Waals surface area contributed by atoms with Crippen molar-refractivity contribution in [3.8, 4) is 17.6 Å². The number of halogens is 2. The maximum Gasteiger partial charge on any atom is 0.262 e. The summed E-state index contributed by atoms with van der Waals surface area (Å²) in [6.07, 6.45) is 1.41. The van der Waals surface area contributed by atoms with Crippen LogP contribution in [-0.4, -0.2) is 19.1 Å². The average molecular weight is 403 g/mol. The average Bonchev–Trinajstić information content (AvgIpc) is 2.65. The Labute approximate surface area is 168 Å². The number of nitrogens with zero attached hydrogens (tertiary/aromatic N) is 1. The van der Waals surface area contributed by atoms with Crippen LogP contribution in [0.5, 0.6) is 11.5 Å². The Hall–Kier alpha value is -3.04. The van der Waals surface area contributed by atoms with Gasteiger partial charge in [-0.05, 0) is 43.7 Å². The van der Waals surface area contributed by atoms with Crippen molar-refractivity contribution in [2.24, 2.45) is 0 Å². The molecule has 0 bridgehead atoms. The molecule has 2 rings (SSSR count). The van der Waals surface area contributed by atoms with Crippen LogP contribution in [0.3, 0.4) is 0 Å².